The van der Waals surface area contributed by atoms with Crippen LogP contribution in [0.3, 0.4) is 0 Å². The van der Waals surface area contributed by atoms with Gasteiger partial charge in [-0.15, -0.1) is 0 Å². The Bertz CT molecular complexity index is 392. The Hall–Kier alpha value is -1.14. The van der Waals surface area contributed by atoms with E-state index in [0.717, 1.165) is 12.6 Å². The molecule has 1 aliphatic rings. The SMILES string of the molecule is O=[N+]([O-])c1cnn(C2CCC(O)C2)c1Cl. The number of hydrogen-bond acceptors (Lipinski definition) is 4. The third-order valence-corrected chi connectivity index (χ3v) is 3.00. The summed E-state index contributed by atoms with van der Waals surface area (Å²) < 4.78 is 1.43. The molecule has 1 aromatic rings. The Morgan fingerprint density at radius 2 is 2.40 bits per heavy atom. The highest BCUT2D eigenvalue weighted by Gasteiger charge is 2.29. The van der Waals surface area contributed by atoms with Crippen LogP contribution in [0.25, 0.3) is 0 Å². The van der Waals surface area contributed by atoms with Gasteiger partial charge in [-0.2, -0.15) is 5.10 Å². The van der Waals surface area contributed by atoms with E-state index in [1.807, 2.05) is 0 Å². The molecule has 15 heavy (non-hydrogen) atoms. The van der Waals surface area contributed by atoms with E-state index in [1.165, 1.54) is 4.68 Å². The van der Waals surface area contributed by atoms with Gasteiger partial charge in [0.2, 0.25) is 5.15 Å². The van der Waals surface area contributed by atoms with Crippen LogP contribution >= 0.6 is 11.6 Å². The number of aliphatic hydroxyl groups excluding tert-OH is 1. The maximum Gasteiger partial charge on any atom is 0.325 e. The van der Waals surface area contributed by atoms with Crippen LogP contribution in [0, 0.1) is 10.1 Å². The lowest BCUT2D eigenvalue weighted by Gasteiger charge is -2.09. The van der Waals surface area contributed by atoms with Gasteiger partial charge in [0.25, 0.3) is 0 Å². The molecule has 2 unspecified atom stereocenters. The van der Waals surface area contributed by atoms with Gasteiger partial charge in [0.15, 0.2) is 0 Å². The van der Waals surface area contributed by atoms with Gasteiger partial charge in [-0.05, 0) is 19.3 Å². The van der Waals surface area contributed by atoms with Gasteiger partial charge in [-0.25, -0.2) is 4.68 Å². The summed E-state index contributed by atoms with van der Waals surface area (Å²) in [4.78, 5) is 9.97. The third-order valence-electron chi connectivity index (χ3n) is 2.64. The number of aromatic nitrogens is 2. The van der Waals surface area contributed by atoms with Crippen LogP contribution in [0.5, 0.6) is 0 Å². The molecule has 1 saturated carbocycles. The average Bonchev–Trinajstić information content (AvgIpc) is 2.71. The van der Waals surface area contributed by atoms with Gasteiger partial charge >= 0.3 is 5.69 Å². The molecule has 1 N–H and O–H groups in total. The highest BCUT2D eigenvalue weighted by molar-refractivity contribution is 6.31. The molecule has 6 nitrogen and oxygen atoms in total. The molecule has 2 rings (SSSR count). The maximum absolute atomic E-state index is 10.5. The van der Waals surface area contributed by atoms with Gasteiger partial charge in [0.05, 0.1) is 17.1 Å². The minimum atomic E-state index is -0.558. The van der Waals surface area contributed by atoms with Crippen molar-refractivity contribution in [2.24, 2.45) is 0 Å². The molecule has 0 radical (unpaired) electrons. The van der Waals surface area contributed by atoms with Crippen molar-refractivity contribution in [2.75, 3.05) is 0 Å². The van der Waals surface area contributed by atoms with Crippen LogP contribution in [-0.4, -0.2) is 25.9 Å². The Balaban J connectivity index is 2.26. The maximum atomic E-state index is 10.5. The van der Waals surface area contributed by atoms with Crippen LogP contribution in [0.1, 0.15) is 25.3 Å². The molecule has 0 bridgehead atoms. The summed E-state index contributed by atoms with van der Waals surface area (Å²) in [6.07, 6.45) is 2.79. The fraction of sp³-hybridized carbons (Fsp3) is 0.625. The van der Waals surface area contributed by atoms with E-state index in [4.69, 9.17) is 11.6 Å². The topological polar surface area (TPSA) is 81.2 Å². The lowest BCUT2D eigenvalue weighted by molar-refractivity contribution is -0.384. The first kappa shape index (κ1) is 10.4. The number of halogens is 1. The molecule has 1 aromatic heterocycles. The normalized spacial score (nSPS) is 25.7. The van der Waals surface area contributed by atoms with E-state index in [2.05, 4.69) is 5.10 Å². The summed E-state index contributed by atoms with van der Waals surface area (Å²) in [5.74, 6) is 0. The van der Waals surface area contributed by atoms with Crippen LogP contribution in [0.15, 0.2) is 6.20 Å². The van der Waals surface area contributed by atoms with Gasteiger partial charge in [0.1, 0.15) is 6.20 Å². The van der Waals surface area contributed by atoms with E-state index < -0.39 is 4.92 Å². The quantitative estimate of drug-likeness (QED) is 0.618. The number of nitrogens with zero attached hydrogens (tertiary/aromatic N) is 3. The lowest BCUT2D eigenvalue weighted by Crippen LogP contribution is -2.08. The van der Waals surface area contributed by atoms with Crippen molar-refractivity contribution in [2.45, 2.75) is 31.4 Å². The van der Waals surface area contributed by atoms with Crippen molar-refractivity contribution >= 4 is 17.3 Å². The molecule has 1 aliphatic carbocycles. The van der Waals surface area contributed by atoms with Crippen LogP contribution in [0.2, 0.25) is 5.15 Å². The molecule has 1 fully saturated rings. The predicted octanol–water partition coefficient (Wildman–Crippen LogP) is 1.53. The van der Waals surface area contributed by atoms with Gasteiger partial charge < -0.3 is 5.11 Å². The highest BCUT2D eigenvalue weighted by atomic mass is 35.5. The average molecular weight is 232 g/mol. The molecule has 0 saturated heterocycles. The molecule has 0 aliphatic heterocycles. The van der Waals surface area contributed by atoms with E-state index in [1.54, 1.807) is 0 Å². The minimum absolute atomic E-state index is 0.0267. The van der Waals surface area contributed by atoms with E-state index in [-0.39, 0.29) is 23.0 Å². The van der Waals surface area contributed by atoms with Gasteiger partial charge in [-0.3, -0.25) is 10.1 Å². The molecule has 1 heterocycles. The molecule has 0 aromatic carbocycles. The number of nitro groups is 1. The van der Waals surface area contributed by atoms with Crippen LogP contribution in [-0.2, 0) is 0 Å². The predicted molar refractivity (Wildman–Crippen MR) is 52.8 cm³/mol. The van der Waals surface area contributed by atoms with E-state index in [0.29, 0.717) is 12.8 Å². The van der Waals surface area contributed by atoms with Crippen molar-refractivity contribution in [1.82, 2.24) is 9.78 Å². The molecule has 7 heteroatoms. The summed E-state index contributed by atoms with van der Waals surface area (Å²) >= 11 is 5.82. The molecule has 0 amide bonds. The van der Waals surface area contributed by atoms with Crippen molar-refractivity contribution in [3.63, 3.8) is 0 Å². The molecular formula is C8H10ClN3O3. The molecule has 2 atom stereocenters. The summed E-state index contributed by atoms with van der Waals surface area (Å²) in [5.41, 5.74) is -0.182. The molecule has 0 spiro atoms. The minimum Gasteiger partial charge on any atom is -0.393 e. The van der Waals surface area contributed by atoms with Crippen molar-refractivity contribution in [1.29, 1.82) is 0 Å². The van der Waals surface area contributed by atoms with Crippen molar-refractivity contribution in [3.05, 3.63) is 21.5 Å². The fourth-order valence-electron chi connectivity index (χ4n) is 1.87. The first-order valence-electron chi connectivity index (χ1n) is 4.65. The molecule has 82 valence electrons. The first-order chi connectivity index (χ1) is 7.09. The second-order valence-corrected chi connectivity index (χ2v) is 4.00. The van der Waals surface area contributed by atoms with E-state index >= 15 is 0 Å². The zero-order chi connectivity index (χ0) is 11.0. The highest BCUT2D eigenvalue weighted by Crippen LogP contribution is 2.34. The van der Waals surface area contributed by atoms with Gasteiger partial charge in [-0.1, -0.05) is 11.6 Å². The Labute approximate surface area is 90.6 Å². The number of aliphatic hydroxyl groups is 1. The summed E-state index contributed by atoms with van der Waals surface area (Å²) in [5, 5.41) is 23.8. The molecular weight excluding hydrogens is 222 g/mol. The largest absolute Gasteiger partial charge is 0.393 e. The Kier molecular flexibility index (Phi) is 2.62. The van der Waals surface area contributed by atoms with Crippen LogP contribution < -0.4 is 0 Å². The smallest absolute Gasteiger partial charge is 0.325 e. The van der Waals surface area contributed by atoms with Crippen molar-refractivity contribution in [3.8, 4) is 0 Å². The monoisotopic (exact) mass is 231 g/mol. The lowest BCUT2D eigenvalue weighted by atomic mass is 10.2. The first-order valence-corrected chi connectivity index (χ1v) is 5.03. The fourth-order valence-corrected chi connectivity index (χ4v) is 2.17. The number of hydrogen-bond donors (Lipinski definition) is 1. The van der Waals surface area contributed by atoms with Crippen LogP contribution in [0.4, 0.5) is 5.69 Å². The zero-order valence-corrected chi connectivity index (χ0v) is 8.59. The van der Waals surface area contributed by atoms with E-state index in [9.17, 15) is 15.2 Å². The number of rotatable bonds is 2. The Morgan fingerprint density at radius 1 is 1.67 bits per heavy atom. The van der Waals surface area contributed by atoms with Crippen molar-refractivity contribution < 1.29 is 10.0 Å². The summed E-state index contributed by atoms with van der Waals surface area (Å²) in [7, 11) is 0. The zero-order valence-electron chi connectivity index (χ0n) is 7.84. The summed E-state index contributed by atoms with van der Waals surface area (Å²) in [6, 6.07) is -0.0267. The van der Waals surface area contributed by atoms with Gasteiger partial charge in [0, 0.05) is 0 Å². The second-order valence-electron chi connectivity index (χ2n) is 3.64. The Morgan fingerprint density at radius 3 is 2.87 bits per heavy atom. The summed E-state index contributed by atoms with van der Waals surface area (Å²) in [6.45, 7) is 0. The third kappa shape index (κ3) is 1.82. The second kappa shape index (κ2) is 3.79. The standard InChI is InChI=1S/C8H10ClN3O3/c9-8-7(12(14)15)4-10-11(8)5-1-2-6(13)3-5/h4-6,13H,1-3H2.